The topological polar surface area (TPSA) is 152 Å². The third-order valence-electron chi connectivity index (χ3n) is 3.43. The van der Waals surface area contributed by atoms with Crippen LogP contribution in [0.5, 0.6) is 0 Å². The summed E-state index contributed by atoms with van der Waals surface area (Å²) in [5, 5.41) is 0.211. The van der Waals surface area contributed by atoms with Gasteiger partial charge >= 0.3 is 13.3 Å². The summed E-state index contributed by atoms with van der Waals surface area (Å²) in [6.45, 7) is -0.118. The van der Waals surface area contributed by atoms with Crippen molar-refractivity contribution in [3.8, 4) is 0 Å². The summed E-state index contributed by atoms with van der Waals surface area (Å²) < 4.78 is 24.2. The van der Waals surface area contributed by atoms with Crippen molar-refractivity contribution >= 4 is 18.7 Å². The van der Waals surface area contributed by atoms with E-state index in [0.29, 0.717) is 0 Å². The van der Waals surface area contributed by atoms with Gasteiger partial charge in [0.05, 0.1) is 11.9 Å². The van der Waals surface area contributed by atoms with Crippen LogP contribution in [0.4, 0.5) is 5.82 Å². The largest absolute Gasteiger partial charge is 0.383 e. The average Bonchev–Trinajstić information content (AvgIpc) is 3.03. The van der Waals surface area contributed by atoms with E-state index in [1.54, 1.807) is 30.4 Å². The third-order valence-corrected chi connectivity index (χ3v) is 4.88. The Kier molecular flexibility index (Phi) is 5.89. The molecule has 1 aromatic carbocycles. The first kappa shape index (κ1) is 19.0. The van der Waals surface area contributed by atoms with Crippen molar-refractivity contribution in [2.75, 3.05) is 12.3 Å². The molecule has 0 saturated carbocycles. The number of benzene rings is 1. The normalized spacial score (nSPS) is 21.5. The lowest BCUT2D eigenvalue weighted by Gasteiger charge is -2.18. The van der Waals surface area contributed by atoms with Crippen LogP contribution in [0.2, 0.25) is 0 Å². The van der Waals surface area contributed by atoms with Crippen molar-refractivity contribution in [2.45, 2.75) is 12.3 Å². The van der Waals surface area contributed by atoms with Crippen LogP contribution in [-0.2, 0) is 13.8 Å². The molecule has 3 rings (SSSR count). The first-order valence-electron chi connectivity index (χ1n) is 7.17. The predicted octanol–water partition coefficient (Wildman–Crippen LogP) is 0.969. The molecule has 0 spiro atoms. The van der Waals surface area contributed by atoms with Crippen molar-refractivity contribution in [1.29, 1.82) is 0 Å². The number of hydrogen-bond acceptors (Lipinski definition) is 7. The number of aromatic nitrogens is 2. The fourth-order valence-corrected chi connectivity index (χ4v) is 3.27. The molecule has 2 aromatic rings. The molecule has 1 aliphatic heterocycles. The predicted molar refractivity (Wildman–Crippen MR) is 92.8 cm³/mol. The van der Waals surface area contributed by atoms with Crippen LogP contribution in [0.25, 0.3) is 0 Å². The van der Waals surface area contributed by atoms with Gasteiger partial charge in [0.1, 0.15) is 11.9 Å². The van der Waals surface area contributed by atoms with Gasteiger partial charge in [-0.3, -0.25) is 9.13 Å². The quantitative estimate of drug-likeness (QED) is 0.523. The smallest absolute Gasteiger partial charge is 0.358 e. The van der Waals surface area contributed by atoms with Crippen LogP contribution in [0.15, 0.2) is 59.5 Å². The summed E-state index contributed by atoms with van der Waals surface area (Å²) in [5.41, 5.74) is 4.90. The number of nitrogens with zero attached hydrogens (tertiary/aromatic N) is 2. The molecule has 6 N–H and O–H groups in total. The van der Waals surface area contributed by atoms with Gasteiger partial charge in [-0.05, 0) is 24.3 Å². The van der Waals surface area contributed by atoms with E-state index < -0.39 is 25.6 Å². The van der Waals surface area contributed by atoms with Crippen molar-refractivity contribution in [1.82, 2.24) is 15.7 Å². The molecule has 0 saturated heterocycles. The molecule has 10 heteroatoms. The number of nitrogens with two attached hydrogens (primary N) is 1. The Morgan fingerprint density at radius 1 is 1.28 bits per heavy atom. The zero-order valence-corrected chi connectivity index (χ0v) is 14.2. The van der Waals surface area contributed by atoms with Gasteiger partial charge in [-0.1, -0.05) is 24.3 Å². The van der Waals surface area contributed by atoms with Gasteiger partial charge in [0.2, 0.25) is 0 Å². The maximum atomic E-state index is 12.2. The van der Waals surface area contributed by atoms with Crippen LogP contribution in [0.3, 0.4) is 0 Å². The minimum absolute atomic E-state index is 0. The zero-order valence-electron chi connectivity index (χ0n) is 13.3. The molecule has 2 heterocycles. The number of ether oxygens (including phenoxy) is 1. The maximum Gasteiger partial charge on any atom is 0.358 e. The van der Waals surface area contributed by atoms with Crippen LogP contribution < -0.4 is 22.9 Å². The van der Waals surface area contributed by atoms with Crippen LogP contribution >= 0.6 is 7.60 Å². The summed E-state index contributed by atoms with van der Waals surface area (Å²) in [7, 11) is -3.92. The molecule has 3 atom stereocenters. The summed E-state index contributed by atoms with van der Waals surface area (Å²) >= 11 is 0. The third kappa shape index (κ3) is 4.41. The van der Waals surface area contributed by atoms with E-state index in [9.17, 15) is 14.3 Å². The van der Waals surface area contributed by atoms with E-state index in [4.69, 9.17) is 15.0 Å². The lowest BCUT2D eigenvalue weighted by molar-refractivity contribution is -0.00648. The Labute approximate surface area is 143 Å². The van der Waals surface area contributed by atoms with E-state index in [-0.39, 0.29) is 23.9 Å². The first-order chi connectivity index (χ1) is 11.5. The molecular formula is C15H19N4O5P. The second-order valence-corrected chi connectivity index (χ2v) is 6.96. The highest BCUT2D eigenvalue weighted by molar-refractivity contribution is 7.61. The number of nitrogen functional groups attached to an aromatic ring is 1. The SMILES string of the molecule is N.Nc1ccn(C2C=CC(COP(=O)(O)c3ccccc3)O2)c(=O)n1. The van der Waals surface area contributed by atoms with Gasteiger partial charge in [0, 0.05) is 6.20 Å². The van der Waals surface area contributed by atoms with Crippen molar-refractivity contribution in [2.24, 2.45) is 0 Å². The summed E-state index contributed by atoms with van der Waals surface area (Å²) in [6, 6.07) is 9.59. The van der Waals surface area contributed by atoms with Gasteiger partial charge in [0.15, 0.2) is 6.23 Å². The van der Waals surface area contributed by atoms with E-state index in [1.165, 1.54) is 29.0 Å². The lowest BCUT2D eigenvalue weighted by atomic mass is 10.4. The Morgan fingerprint density at radius 2 is 2.00 bits per heavy atom. The number of hydrogen-bond donors (Lipinski definition) is 3. The molecule has 0 bridgehead atoms. The Bertz CT molecular complexity index is 855. The second-order valence-electron chi connectivity index (χ2n) is 5.14. The van der Waals surface area contributed by atoms with Crippen molar-refractivity contribution in [3.63, 3.8) is 0 Å². The number of rotatable bonds is 5. The minimum atomic E-state index is -3.92. The molecule has 0 fully saturated rings. The molecule has 25 heavy (non-hydrogen) atoms. The summed E-state index contributed by atoms with van der Waals surface area (Å²) in [6.07, 6.45) is 3.58. The van der Waals surface area contributed by atoms with Gasteiger partial charge in [-0.25, -0.2) is 4.79 Å². The summed E-state index contributed by atoms with van der Waals surface area (Å²) in [5.74, 6) is 0.127. The monoisotopic (exact) mass is 366 g/mol. The molecule has 1 aromatic heterocycles. The fourth-order valence-electron chi connectivity index (χ4n) is 2.23. The first-order valence-corrected chi connectivity index (χ1v) is 8.75. The van der Waals surface area contributed by atoms with Crippen molar-refractivity contribution < 1.29 is 18.7 Å². The molecule has 0 radical (unpaired) electrons. The van der Waals surface area contributed by atoms with E-state index >= 15 is 0 Å². The lowest BCUT2D eigenvalue weighted by Crippen LogP contribution is -2.28. The summed E-state index contributed by atoms with van der Waals surface area (Å²) in [4.78, 5) is 25.4. The second kappa shape index (κ2) is 7.73. The minimum Gasteiger partial charge on any atom is -0.383 e. The van der Waals surface area contributed by atoms with Gasteiger partial charge < -0.3 is 26.0 Å². The average molecular weight is 366 g/mol. The van der Waals surface area contributed by atoms with Crippen LogP contribution in [-0.4, -0.2) is 27.2 Å². The standard InChI is InChI=1S/C15H16N3O5P.H3N/c16-13-8-9-18(15(19)17-13)14-7-6-11(23-14)10-22-24(20,21)12-4-2-1-3-5-12;/h1-9,11,14H,10H2,(H,20,21)(H2,16,17,19);1H3. The van der Waals surface area contributed by atoms with Crippen LogP contribution in [0.1, 0.15) is 6.23 Å². The Balaban J connectivity index is 0.00000225. The van der Waals surface area contributed by atoms with Gasteiger partial charge in [0.25, 0.3) is 0 Å². The fraction of sp³-hybridized carbons (Fsp3) is 0.200. The molecule has 1 aliphatic rings. The zero-order chi connectivity index (χ0) is 17.2. The molecule has 0 aliphatic carbocycles. The van der Waals surface area contributed by atoms with Crippen LogP contribution in [0, 0.1) is 0 Å². The van der Waals surface area contributed by atoms with Gasteiger partial charge in [-0.2, -0.15) is 4.98 Å². The Morgan fingerprint density at radius 3 is 2.68 bits per heavy atom. The molecule has 134 valence electrons. The van der Waals surface area contributed by atoms with E-state index in [0.717, 1.165) is 0 Å². The highest BCUT2D eigenvalue weighted by Crippen LogP contribution is 2.41. The molecule has 0 amide bonds. The molecule has 9 nitrogen and oxygen atoms in total. The molecule has 3 unspecified atom stereocenters. The highest BCUT2D eigenvalue weighted by atomic mass is 31.2. The van der Waals surface area contributed by atoms with Crippen molar-refractivity contribution in [3.05, 3.63) is 65.2 Å². The highest BCUT2D eigenvalue weighted by Gasteiger charge is 2.27. The Hall–Kier alpha value is -2.29. The van der Waals surface area contributed by atoms with E-state index in [1.807, 2.05) is 0 Å². The maximum absolute atomic E-state index is 12.2. The molecular weight excluding hydrogens is 347 g/mol. The number of anilines is 1. The van der Waals surface area contributed by atoms with E-state index in [2.05, 4.69) is 4.98 Å². The van der Waals surface area contributed by atoms with Gasteiger partial charge in [-0.15, -0.1) is 0 Å².